The molecule has 0 aliphatic heterocycles. The van der Waals surface area contributed by atoms with Crippen LogP contribution < -0.4 is 4.74 Å². The zero-order valence-corrected chi connectivity index (χ0v) is 12.3. The Morgan fingerprint density at radius 3 is 2.73 bits per heavy atom. The van der Waals surface area contributed by atoms with Crippen molar-refractivity contribution in [2.24, 2.45) is 0 Å². The molecule has 0 unspecified atom stereocenters. The molecule has 1 heterocycles. The molecule has 0 aliphatic rings. The van der Waals surface area contributed by atoms with E-state index in [1.165, 1.54) is 37.6 Å². The van der Waals surface area contributed by atoms with E-state index >= 15 is 0 Å². The molecule has 0 aliphatic carbocycles. The van der Waals surface area contributed by atoms with E-state index in [2.05, 4.69) is 4.98 Å². The van der Waals surface area contributed by atoms with Gasteiger partial charge in [0.1, 0.15) is 5.15 Å². The van der Waals surface area contributed by atoms with Crippen molar-refractivity contribution in [2.45, 2.75) is 0 Å². The molecule has 5 nitrogen and oxygen atoms in total. The second-order valence-electron chi connectivity index (χ2n) is 4.19. The lowest BCUT2D eigenvalue weighted by molar-refractivity contribution is 0.0474. The number of halogens is 2. The number of ether oxygens (including phenoxy) is 2. The van der Waals surface area contributed by atoms with Gasteiger partial charge in [-0.05, 0) is 30.3 Å². The SMILES string of the molecule is COc1ccc(C(=O)COC(=O)c2cccnc2Cl)cc1F. The summed E-state index contributed by atoms with van der Waals surface area (Å²) in [6, 6.07) is 6.67. The van der Waals surface area contributed by atoms with Crippen LogP contribution in [0.2, 0.25) is 5.15 Å². The van der Waals surface area contributed by atoms with Crippen LogP contribution in [0.15, 0.2) is 36.5 Å². The van der Waals surface area contributed by atoms with E-state index in [4.69, 9.17) is 21.1 Å². The van der Waals surface area contributed by atoms with Crippen molar-refractivity contribution in [1.29, 1.82) is 0 Å². The zero-order valence-electron chi connectivity index (χ0n) is 11.5. The number of carbonyl (C=O) groups is 2. The summed E-state index contributed by atoms with van der Waals surface area (Å²) in [5.74, 6) is -1.97. The molecule has 1 aromatic heterocycles. The van der Waals surface area contributed by atoms with Crippen molar-refractivity contribution in [1.82, 2.24) is 4.98 Å². The van der Waals surface area contributed by atoms with Gasteiger partial charge in [0.25, 0.3) is 0 Å². The summed E-state index contributed by atoms with van der Waals surface area (Å²) in [7, 11) is 1.32. The summed E-state index contributed by atoms with van der Waals surface area (Å²) in [6.45, 7) is -0.532. The maximum absolute atomic E-state index is 13.5. The molecule has 0 saturated heterocycles. The Kier molecular flexibility index (Phi) is 5.06. The number of methoxy groups -OCH3 is 1. The molecule has 0 amide bonds. The van der Waals surface area contributed by atoms with Gasteiger partial charge in [-0.3, -0.25) is 4.79 Å². The molecule has 0 atom stereocenters. The highest BCUT2D eigenvalue weighted by molar-refractivity contribution is 6.32. The predicted molar refractivity (Wildman–Crippen MR) is 76.8 cm³/mol. The minimum absolute atomic E-state index is 0.0181. The number of ketones is 1. The quantitative estimate of drug-likeness (QED) is 0.481. The van der Waals surface area contributed by atoms with Crippen molar-refractivity contribution in [2.75, 3.05) is 13.7 Å². The third-order valence-corrected chi connectivity index (χ3v) is 3.09. The largest absolute Gasteiger partial charge is 0.494 e. The minimum atomic E-state index is -0.777. The van der Waals surface area contributed by atoms with Crippen LogP contribution in [-0.4, -0.2) is 30.5 Å². The first-order chi connectivity index (χ1) is 10.5. The monoisotopic (exact) mass is 323 g/mol. The molecular weight excluding hydrogens is 313 g/mol. The van der Waals surface area contributed by atoms with E-state index in [0.29, 0.717) is 0 Å². The second-order valence-corrected chi connectivity index (χ2v) is 4.55. The third-order valence-electron chi connectivity index (χ3n) is 2.79. The number of Topliss-reactive ketones (excluding diaryl/α,β-unsaturated/α-hetero) is 1. The van der Waals surface area contributed by atoms with Gasteiger partial charge in [0, 0.05) is 11.8 Å². The van der Waals surface area contributed by atoms with E-state index in [1.54, 1.807) is 0 Å². The smallest absolute Gasteiger partial charge is 0.341 e. The van der Waals surface area contributed by atoms with Gasteiger partial charge in [-0.15, -0.1) is 0 Å². The summed E-state index contributed by atoms with van der Waals surface area (Å²) in [6.07, 6.45) is 1.42. The molecule has 7 heteroatoms. The van der Waals surface area contributed by atoms with Gasteiger partial charge in [-0.2, -0.15) is 0 Å². The number of aromatic nitrogens is 1. The summed E-state index contributed by atoms with van der Waals surface area (Å²) in [5, 5.41) is -0.0181. The van der Waals surface area contributed by atoms with Crippen molar-refractivity contribution in [3.05, 3.63) is 58.6 Å². The number of nitrogens with zero attached hydrogens (tertiary/aromatic N) is 1. The Bertz CT molecular complexity index is 720. The fourth-order valence-corrected chi connectivity index (χ4v) is 1.87. The molecule has 0 fully saturated rings. The number of rotatable bonds is 5. The lowest BCUT2D eigenvalue weighted by Crippen LogP contribution is -2.15. The van der Waals surface area contributed by atoms with Crippen LogP contribution >= 0.6 is 11.6 Å². The van der Waals surface area contributed by atoms with Crippen LogP contribution in [0.1, 0.15) is 20.7 Å². The fraction of sp³-hybridized carbons (Fsp3) is 0.133. The molecule has 22 heavy (non-hydrogen) atoms. The van der Waals surface area contributed by atoms with Crippen LogP contribution in [0, 0.1) is 5.82 Å². The van der Waals surface area contributed by atoms with Crippen molar-refractivity contribution < 1.29 is 23.5 Å². The molecule has 114 valence electrons. The van der Waals surface area contributed by atoms with Crippen molar-refractivity contribution >= 4 is 23.4 Å². The Morgan fingerprint density at radius 1 is 1.32 bits per heavy atom. The molecule has 0 spiro atoms. The highest BCUT2D eigenvalue weighted by Crippen LogP contribution is 2.18. The van der Waals surface area contributed by atoms with Crippen LogP contribution in [0.25, 0.3) is 0 Å². The average Bonchev–Trinajstić information content (AvgIpc) is 2.52. The van der Waals surface area contributed by atoms with Gasteiger partial charge in [0.05, 0.1) is 12.7 Å². The molecule has 0 saturated carbocycles. The van der Waals surface area contributed by atoms with Crippen LogP contribution in [-0.2, 0) is 4.74 Å². The Labute approximate surface area is 130 Å². The van der Waals surface area contributed by atoms with Gasteiger partial charge in [0.15, 0.2) is 24.0 Å². The average molecular weight is 324 g/mol. The van der Waals surface area contributed by atoms with Gasteiger partial charge < -0.3 is 9.47 Å². The second kappa shape index (κ2) is 7.00. The normalized spacial score (nSPS) is 10.1. The number of carbonyl (C=O) groups excluding carboxylic acids is 2. The lowest BCUT2D eigenvalue weighted by atomic mass is 10.1. The van der Waals surface area contributed by atoms with Gasteiger partial charge in [-0.25, -0.2) is 14.2 Å². The van der Waals surface area contributed by atoms with E-state index in [-0.39, 0.29) is 22.0 Å². The maximum Gasteiger partial charge on any atom is 0.341 e. The third kappa shape index (κ3) is 3.59. The molecule has 2 aromatic rings. The van der Waals surface area contributed by atoms with Crippen LogP contribution in [0.4, 0.5) is 4.39 Å². The minimum Gasteiger partial charge on any atom is -0.494 e. The molecule has 0 bridgehead atoms. The highest BCUT2D eigenvalue weighted by atomic mass is 35.5. The first kappa shape index (κ1) is 15.9. The van der Waals surface area contributed by atoms with E-state index < -0.39 is 24.2 Å². The van der Waals surface area contributed by atoms with Gasteiger partial charge in [-0.1, -0.05) is 11.6 Å². The van der Waals surface area contributed by atoms with Crippen LogP contribution in [0.5, 0.6) is 5.75 Å². The number of hydrogen-bond donors (Lipinski definition) is 0. The van der Waals surface area contributed by atoms with Gasteiger partial charge in [0.2, 0.25) is 0 Å². The van der Waals surface area contributed by atoms with Gasteiger partial charge >= 0.3 is 5.97 Å². The Morgan fingerprint density at radius 2 is 2.09 bits per heavy atom. The number of hydrogen-bond acceptors (Lipinski definition) is 5. The standard InChI is InChI=1S/C15H11ClFNO4/c1-21-13-5-4-9(7-11(13)17)12(19)8-22-15(20)10-3-2-6-18-14(10)16/h2-7H,8H2,1H3. The van der Waals surface area contributed by atoms with E-state index in [0.717, 1.165) is 6.07 Å². The lowest BCUT2D eigenvalue weighted by Gasteiger charge is -2.06. The predicted octanol–water partition coefficient (Wildman–Crippen LogP) is 2.92. The van der Waals surface area contributed by atoms with Crippen LogP contribution in [0.3, 0.4) is 0 Å². The fourth-order valence-electron chi connectivity index (χ4n) is 1.67. The van der Waals surface area contributed by atoms with E-state index in [1.807, 2.05) is 0 Å². The highest BCUT2D eigenvalue weighted by Gasteiger charge is 2.16. The maximum atomic E-state index is 13.5. The Hall–Kier alpha value is -2.47. The van der Waals surface area contributed by atoms with E-state index in [9.17, 15) is 14.0 Å². The first-order valence-electron chi connectivity index (χ1n) is 6.17. The molecule has 0 N–H and O–H groups in total. The summed E-state index contributed by atoms with van der Waals surface area (Å²) in [5.41, 5.74) is 0.126. The molecule has 2 rings (SSSR count). The zero-order chi connectivity index (χ0) is 16.1. The molecule has 0 radical (unpaired) electrons. The molecule has 1 aromatic carbocycles. The summed E-state index contributed by atoms with van der Waals surface area (Å²) >= 11 is 5.75. The summed E-state index contributed by atoms with van der Waals surface area (Å²) in [4.78, 5) is 27.4. The molecular formula is C15H11ClFNO4. The Balaban J connectivity index is 2.02. The van der Waals surface area contributed by atoms with Crippen molar-refractivity contribution in [3.63, 3.8) is 0 Å². The first-order valence-corrected chi connectivity index (χ1v) is 6.55. The number of benzene rings is 1. The van der Waals surface area contributed by atoms with Crippen molar-refractivity contribution in [3.8, 4) is 5.75 Å². The topological polar surface area (TPSA) is 65.5 Å². The summed E-state index contributed by atoms with van der Waals surface area (Å²) < 4.78 is 23.1. The number of pyridine rings is 1. The number of esters is 1.